The minimum absolute atomic E-state index is 0.0111. The monoisotopic (exact) mass is 230 g/mol. The SMILES string of the molecule is O=C([C@@H]1CCc2ccccc2N1)N1CCCC1. The number of fused-ring (bicyclic) bond motifs is 1. The molecular formula is C14H18N2O. The van der Waals surface area contributed by atoms with Crippen LogP contribution in [0.25, 0.3) is 0 Å². The normalized spacial score (nSPS) is 23.1. The molecule has 3 heteroatoms. The van der Waals surface area contributed by atoms with Gasteiger partial charge in [-0.2, -0.15) is 0 Å². The predicted molar refractivity (Wildman–Crippen MR) is 68.0 cm³/mol. The van der Waals surface area contributed by atoms with E-state index in [-0.39, 0.29) is 11.9 Å². The summed E-state index contributed by atoms with van der Waals surface area (Å²) < 4.78 is 0. The van der Waals surface area contributed by atoms with Gasteiger partial charge in [0.15, 0.2) is 0 Å². The molecule has 0 aromatic heterocycles. The average molecular weight is 230 g/mol. The maximum absolute atomic E-state index is 12.3. The Bertz CT molecular complexity index is 424. The van der Waals surface area contributed by atoms with E-state index in [2.05, 4.69) is 23.5 Å². The Balaban J connectivity index is 1.73. The van der Waals surface area contributed by atoms with Gasteiger partial charge in [0.25, 0.3) is 0 Å². The quantitative estimate of drug-likeness (QED) is 0.800. The summed E-state index contributed by atoms with van der Waals surface area (Å²) in [4.78, 5) is 14.3. The number of nitrogens with one attached hydrogen (secondary N) is 1. The molecule has 0 saturated carbocycles. The van der Waals surface area contributed by atoms with E-state index in [0.29, 0.717) is 0 Å². The lowest BCUT2D eigenvalue weighted by Crippen LogP contribution is -2.43. The smallest absolute Gasteiger partial charge is 0.245 e. The molecule has 0 aliphatic carbocycles. The van der Waals surface area contributed by atoms with Crippen LogP contribution in [0.3, 0.4) is 0 Å². The van der Waals surface area contributed by atoms with E-state index < -0.39 is 0 Å². The molecule has 1 fully saturated rings. The summed E-state index contributed by atoms with van der Waals surface area (Å²) in [7, 11) is 0. The van der Waals surface area contributed by atoms with Gasteiger partial charge in [-0.3, -0.25) is 4.79 Å². The Hall–Kier alpha value is -1.51. The van der Waals surface area contributed by atoms with Gasteiger partial charge in [0.05, 0.1) is 0 Å². The van der Waals surface area contributed by atoms with E-state index >= 15 is 0 Å². The van der Waals surface area contributed by atoms with E-state index in [4.69, 9.17) is 0 Å². The molecule has 1 aromatic carbocycles. The molecule has 1 aromatic rings. The summed E-state index contributed by atoms with van der Waals surface area (Å²) in [5.41, 5.74) is 2.47. The van der Waals surface area contributed by atoms with Crippen molar-refractivity contribution in [2.24, 2.45) is 0 Å². The number of aryl methyl sites for hydroxylation is 1. The highest BCUT2D eigenvalue weighted by Crippen LogP contribution is 2.25. The fourth-order valence-electron chi connectivity index (χ4n) is 2.78. The Labute approximate surface area is 102 Å². The average Bonchev–Trinajstić information content (AvgIpc) is 2.91. The summed E-state index contributed by atoms with van der Waals surface area (Å²) in [6.07, 6.45) is 4.25. The largest absolute Gasteiger partial charge is 0.373 e. The van der Waals surface area contributed by atoms with Crippen molar-refractivity contribution >= 4 is 11.6 Å². The van der Waals surface area contributed by atoms with E-state index in [1.165, 1.54) is 5.56 Å². The molecule has 3 nitrogen and oxygen atoms in total. The third kappa shape index (κ3) is 2.02. The number of carbonyl (C=O) groups excluding carboxylic acids is 1. The molecule has 1 amide bonds. The highest BCUT2D eigenvalue weighted by molar-refractivity contribution is 5.85. The first-order chi connectivity index (χ1) is 8.34. The van der Waals surface area contributed by atoms with Crippen molar-refractivity contribution in [3.8, 4) is 0 Å². The van der Waals surface area contributed by atoms with Gasteiger partial charge in [-0.25, -0.2) is 0 Å². The lowest BCUT2D eigenvalue weighted by Gasteiger charge is -2.29. The molecule has 3 rings (SSSR count). The standard InChI is InChI=1S/C14H18N2O/c17-14(16-9-3-4-10-16)13-8-7-11-5-1-2-6-12(11)15-13/h1-2,5-6,13,15H,3-4,7-10H2/t13-/m0/s1. The zero-order chi connectivity index (χ0) is 11.7. The van der Waals surface area contributed by atoms with Crippen molar-refractivity contribution in [1.29, 1.82) is 0 Å². The van der Waals surface area contributed by atoms with Gasteiger partial charge in [-0.1, -0.05) is 18.2 Å². The predicted octanol–water partition coefficient (Wildman–Crippen LogP) is 2.04. The van der Waals surface area contributed by atoms with Crippen LogP contribution in [-0.4, -0.2) is 29.9 Å². The topological polar surface area (TPSA) is 32.3 Å². The van der Waals surface area contributed by atoms with Crippen LogP contribution < -0.4 is 5.32 Å². The van der Waals surface area contributed by atoms with Crippen LogP contribution in [0, 0.1) is 0 Å². The zero-order valence-electron chi connectivity index (χ0n) is 9.98. The zero-order valence-corrected chi connectivity index (χ0v) is 9.98. The summed E-state index contributed by atoms with van der Waals surface area (Å²) in [6, 6.07) is 8.28. The maximum Gasteiger partial charge on any atom is 0.245 e. The number of para-hydroxylation sites is 1. The number of anilines is 1. The second kappa shape index (κ2) is 4.40. The van der Waals surface area contributed by atoms with Crippen LogP contribution in [0.4, 0.5) is 5.69 Å². The third-order valence-electron chi connectivity index (χ3n) is 3.77. The molecule has 2 heterocycles. The lowest BCUT2D eigenvalue weighted by molar-refractivity contribution is -0.131. The number of benzene rings is 1. The Kier molecular flexibility index (Phi) is 2.75. The Morgan fingerprint density at radius 1 is 1.24 bits per heavy atom. The molecule has 2 aliphatic heterocycles. The number of amides is 1. The van der Waals surface area contributed by atoms with Crippen molar-refractivity contribution in [2.45, 2.75) is 31.7 Å². The summed E-state index contributed by atoms with van der Waals surface area (Å²) in [6.45, 7) is 1.89. The number of rotatable bonds is 1. The molecule has 1 saturated heterocycles. The Morgan fingerprint density at radius 3 is 2.82 bits per heavy atom. The first-order valence-electron chi connectivity index (χ1n) is 6.48. The molecule has 0 radical (unpaired) electrons. The van der Waals surface area contributed by atoms with E-state index in [9.17, 15) is 4.79 Å². The fourth-order valence-corrected chi connectivity index (χ4v) is 2.78. The van der Waals surface area contributed by atoms with Gasteiger partial charge in [0, 0.05) is 18.8 Å². The highest BCUT2D eigenvalue weighted by Gasteiger charge is 2.28. The first-order valence-corrected chi connectivity index (χ1v) is 6.48. The molecule has 1 atom stereocenters. The lowest BCUT2D eigenvalue weighted by atomic mass is 9.97. The maximum atomic E-state index is 12.3. The van der Waals surface area contributed by atoms with Gasteiger partial charge < -0.3 is 10.2 Å². The van der Waals surface area contributed by atoms with Crippen molar-refractivity contribution in [2.75, 3.05) is 18.4 Å². The number of likely N-dealkylation sites (tertiary alicyclic amines) is 1. The van der Waals surface area contributed by atoms with Gasteiger partial charge in [0.1, 0.15) is 6.04 Å². The van der Waals surface area contributed by atoms with Gasteiger partial charge in [-0.05, 0) is 37.3 Å². The molecule has 0 bridgehead atoms. The summed E-state index contributed by atoms with van der Waals surface area (Å²) >= 11 is 0. The molecular weight excluding hydrogens is 212 g/mol. The number of hydrogen-bond acceptors (Lipinski definition) is 2. The van der Waals surface area contributed by atoms with Gasteiger partial charge >= 0.3 is 0 Å². The minimum Gasteiger partial charge on any atom is -0.373 e. The number of nitrogens with zero attached hydrogens (tertiary/aromatic N) is 1. The first kappa shape index (κ1) is 10.6. The van der Waals surface area contributed by atoms with Crippen LogP contribution in [0.15, 0.2) is 24.3 Å². The molecule has 0 spiro atoms. The van der Waals surface area contributed by atoms with Crippen molar-refractivity contribution < 1.29 is 4.79 Å². The second-order valence-corrected chi connectivity index (χ2v) is 4.93. The molecule has 1 N–H and O–H groups in total. The fraction of sp³-hybridized carbons (Fsp3) is 0.500. The van der Waals surface area contributed by atoms with Crippen molar-refractivity contribution in [1.82, 2.24) is 4.90 Å². The van der Waals surface area contributed by atoms with E-state index in [1.807, 2.05) is 11.0 Å². The van der Waals surface area contributed by atoms with Crippen LogP contribution in [0.1, 0.15) is 24.8 Å². The van der Waals surface area contributed by atoms with Crippen LogP contribution in [-0.2, 0) is 11.2 Å². The molecule has 17 heavy (non-hydrogen) atoms. The van der Waals surface area contributed by atoms with Crippen molar-refractivity contribution in [3.05, 3.63) is 29.8 Å². The highest BCUT2D eigenvalue weighted by atomic mass is 16.2. The Morgan fingerprint density at radius 2 is 2.00 bits per heavy atom. The van der Waals surface area contributed by atoms with Crippen LogP contribution in [0.2, 0.25) is 0 Å². The van der Waals surface area contributed by atoms with Crippen LogP contribution in [0.5, 0.6) is 0 Å². The van der Waals surface area contributed by atoms with Crippen LogP contribution >= 0.6 is 0 Å². The minimum atomic E-state index is -0.0111. The molecule has 0 unspecified atom stereocenters. The molecule has 2 aliphatic rings. The third-order valence-corrected chi connectivity index (χ3v) is 3.77. The number of hydrogen-bond donors (Lipinski definition) is 1. The number of carbonyl (C=O) groups is 1. The van der Waals surface area contributed by atoms with E-state index in [0.717, 1.165) is 44.5 Å². The summed E-state index contributed by atoms with van der Waals surface area (Å²) in [5.74, 6) is 0.289. The second-order valence-electron chi connectivity index (χ2n) is 4.93. The van der Waals surface area contributed by atoms with Crippen molar-refractivity contribution in [3.63, 3.8) is 0 Å². The van der Waals surface area contributed by atoms with E-state index in [1.54, 1.807) is 0 Å². The van der Waals surface area contributed by atoms with Gasteiger partial charge in [-0.15, -0.1) is 0 Å². The molecule has 90 valence electrons. The summed E-state index contributed by atoms with van der Waals surface area (Å²) in [5, 5.41) is 3.38. The van der Waals surface area contributed by atoms with Gasteiger partial charge in [0.2, 0.25) is 5.91 Å².